The maximum absolute atomic E-state index is 12.9. The predicted molar refractivity (Wildman–Crippen MR) is 88.6 cm³/mol. The summed E-state index contributed by atoms with van der Waals surface area (Å²) in [7, 11) is -3.85. The summed E-state index contributed by atoms with van der Waals surface area (Å²) in [5.41, 5.74) is -4.37. The molecular formula is C17H13F6NO3S. The van der Waals surface area contributed by atoms with Gasteiger partial charge in [-0.05, 0) is 30.3 Å². The molecule has 0 aliphatic heterocycles. The van der Waals surface area contributed by atoms with Gasteiger partial charge in [-0.2, -0.15) is 26.3 Å². The highest BCUT2D eigenvalue weighted by molar-refractivity contribution is 7.91. The number of carbonyl (C=O) groups excluding carboxylic acids is 1. The maximum Gasteiger partial charge on any atom is 0.416 e. The fraction of sp³-hybridized carbons (Fsp3) is 0.235. The van der Waals surface area contributed by atoms with Crippen molar-refractivity contribution in [3.05, 3.63) is 59.2 Å². The minimum absolute atomic E-state index is 0.0782. The number of hydrogen-bond donors (Lipinski definition) is 1. The first-order valence-corrected chi connectivity index (χ1v) is 9.33. The van der Waals surface area contributed by atoms with E-state index in [2.05, 4.69) is 0 Å². The summed E-state index contributed by atoms with van der Waals surface area (Å²) < 4.78 is 102. The Morgan fingerprint density at radius 1 is 0.929 bits per heavy atom. The van der Waals surface area contributed by atoms with Gasteiger partial charge >= 0.3 is 12.4 Å². The smallest absolute Gasteiger partial charge is 0.322 e. The van der Waals surface area contributed by atoms with Crippen molar-refractivity contribution in [1.29, 1.82) is 0 Å². The largest absolute Gasteiger partial charge is 0.416 e. The Morgan fingerprint density at radius 3 is 1.89 bits per heavy atom. The Morgan fingerprint density at radius 2 is 1.43 bits per heavy atom. The third-order valence-electron chi connectivity index (χ3n) is 3.69. The lowest BCUT2D eigenvalue weighted by atomic mass is 10.1. The zero-order valence-corrected chi connectivity index (χ0v) is 15.0. The van der Waals surface area contributed by atoms with Crippen LogP contribution in [0.15, 0.2) is 47.4 Å². The van der Waals surface area contributed by atoms with Crippen LogP contribution in [-0.4, -0.2) is 20.1 Å². The number of hydrogen-bond acceptors (Lipinski definition) is 3. The average Bonchev–Trinajstić information content (AvgIpc) is 2.60. The van der Waals surface area contributed by atoms with Gasteiger partial charge in [0.15, 0.2) is 9.84 Å². The summed E-state index contributed by atoms with van der Waals surface area (Å²) in [5.74, 6) is -1.50. The molecule has 0 aliphatic rings. The molecule has 0 radical (unpaired) electrons. The third-order valence-corrected chi connectivity index (χ3v) is 5.48. The second-order valence-electron chi connectivity index (χ2n) is 5.65. The number of nitrogens with one attached hydrogen (secondary N) is 1. The highest BCUT2D eigenvalue weighted by Gasteiger charge is 2.37. The minimum atomic E-state index is -5.08. The molecule has 0 unspecified atom stereocenters. The lowest BCUT2D eigenvalue weighted by Gasteiger charge is -2.15. The van der Waals surface area contributed by atoms with E-state index in [-0.39, 0.29) is 16.7 Å². The van der Waals surface area contributed by atoms with Crippen LogP contribution in [0.3, 0.4) is 0 Å². The van der Waals surface area contributed by atoms with E-state index < -0.39 is 50.5 Å². The average molecular weight is 425 g/mol. The summed E-state index contributed by atoms with van der Waals surface area (Å²) in [6.07, 6.45) is -10.2. The maximum atomic E-state index is 12.9. The number of anilines is 1. The lowest BCUT2D eigenvalue weighted by Crippen LogP contribution is -2.18. The molecule has 2 aromatic rings. The number of alkyl halides is 6. The van der Waals surface area contributed by atoms with Crippen molar-refractivity contribution >= 4 is 21.4 Å². The molecule has 0 saturated heterocycles. The van der Waals surface area contributed by atoms with Crippen LogP contribution in [-0.2, 0) is 22.2 Å². The van der Waals surface area contributed by atoms with E-state index >= 15 is 0 Å². The van der Waals surface area contributed by atoms with Crippen LogP contribution < -0.4 is 5.32 Å². The SMILES string of the molecule is CCS(=O)(=O)c1ccccc1C(=O)Nc1cc(C(F)(F)F)cc(C(F)(F)F)c1. The highest BCUT2D eigenvalue weighted by atomic mass is 32.2. The molecule has 2 rings (SSSR count). The molecule has 4 nitrogen and oxygen atoms in total. The fourth-order valence-corrected chi connectivity index (χ4v) is 3.40. The van der Waals surface area contributed by atoms with Crippen LogP contribution in [0.4, 0.5) is 32.0 Å². The first kappa shape index (κ1) is 21.7. The van der Waals surface area contributed by atoms with Crippen molar-refractivity contribution in [1.82, 2.24) is 0 Å². The quantitative estimate of drug-likeness (QED) is 0.718. The van der Waals surface area contributed by atoms with Gasteiger partial charge in [0, 0.05) is 5.69 Å². The summed E-state index contributed by atoms with van der Waals surface area (Å²) in [6, 6.07) is 5.48. The first-order chi connectivity index (χ1) is 12.8. The molecule has 0 fully saturated rings. The normalized spacial score (nSPS) is 12.7. The molecular weight excluding hydrogens is 412 g/mol. The van der Waals surface area contributed by atoms with Crippen LogP contribution in [0.5, 0.6) is 0 Å². The van der Waals surface area contributed by atoms with E-state index in [4.69, 9.17) is 0 Å². The molecule has 0 atom stereocenters. The van der Waals surface area contributed by atoms with E-state index in [1.54, 1.807) is 0 Å². The third kappa shape index (κ3) is 4.83. The standard InChI is InChI=1S/C17H13F6NO3S/c1-2-28(26,27)14-6-4-3-5-13(14)15(25)24-12-8-10(16(18,19)20)7-11(9-12)17(21,22)23/h3-9H,2H2,1H3,(H,24,25). The molecule has 0 spiro atoms. The van der Waals surface area contributed by atoms with Crippen LogP contribution in [0.1, 0.15) is 28.4 Å². The van der Waals surface area contributed by atoms with Gasteiger partial charge < -0.3 is 5.32 Å². The molecule has 1 N–H and O–H groups in total. The topological polar surface area (TPSA) is 63.2 Å². The van der Waals surface area contributed by atoms with Crippen molar-refractivity contribution in [2.75, 3.05) is 11.1 Å². The van der Waals surface area contributed by atoms with E-state index in [1.807, 2.05) is 5.32 Å². The fourth-order valence-electron chi connectivity index (χ4n) is 2.31. The molecule has 0 saturated carbocycles. The van der Waals surface area contributed by atoms with Crippen LogP contribution >= 0.6 is 0 Å². The Labute approximate surface area is 156 Å². The van der Waals surface area contributed by atoms with Crippen molar-refractivity contribution in [2.45, 2.75) is 24.2 Å². The van der Waals surface area contributed by atoms with E-state index in [1.165, 1.54) is 19.1 Å². The van der Waals surface area contributed by atoms with Crippen LogP contribution in [0.2, 0.25) is 0 Å². The summed E-state index contributed by atoms with van der Waals surface area (Å²) >= 11 is 0. The van der Waals surface area contributed by atoms with Crippen molar-refractivity contribution in [3.8, 4) is 0 Å². The van der Waals surface area contributed by atoms with E-state index in [9.17, 15) is 39.6 Å². The molecule has 11 heteroatoms. The Kier molecular flexibility index (Phi) is 5.79. The van der Waals surface area contributed by atoms with Gasteiger partial charge in [-0.25, -0.2) is 8.42 Å². The molecule has 28 heavy (non-hydrogen) atoms. The minimum Gasteiger partial charge on any atom is -0.322 e. The molecule has 0 aliphatic carbocycles. The van der Waals surface area contributed by atoms with Crippen molar-refractivity contribution < 1.29 is 39.6 Å². The Bertz CT molecular complexity index is 964. The lowest BCUT2D eigenvalue weighted by molar-refractivity contribution is -0.143. The number of carbonyl (C=O) groups is 1. The second-order valence-corrected chi connectivity index (χ2v) is 7.89. The molecule has 0 bridgehead atoms. The summed E-state index contributed by atoms with van der Waals surface area (Å²) in [6.45, 7) is 1.33. The molecule has 1 amide bonds. The van der Waals surface area contributed by atoms with Gasteiger partial charge in [0.25, 0.3) is 5.91 Å². The monoisotopic (exact) mass is 425 g/mol. The van der Waals surface area contributed by atoms with Gasteiger partial charge in [-0.1, -0.05) is 19.1 Å². The molecule has 0 aromatic heterocycles. The first-order valence-electron chi connectivity index (χ1n) is 7.68. The number of rotatable bonds is 4. The summed E-state index contributed by atoms with van der Waals surface area (Å²) in [4.78, 5) is 12.0. The molecule has 0 heterocycles. The number of sulfone groups is 1. The van der Waals surface area contributed by atoms with Crippen LogP contribution in [0, 0.1) is 0 Å². The number of amides is 1. The van der Waals surface area contributed by atoms with E-state index in [0.717, 1.165) is 12.1 Å². The Hall–Kier alpha value is -2.56. The molecule has 2 aromatic carbocycles. The number of halogens is 6. The van der Waals surface area contributed by atoms with Gasteiger partial charge in [0.05, 0.1) is 27.3 Å². The Balaban J connectivity index is 2.51. The zero-order valence-electron chi connectivity index (χ0n) is 14.1. The van der Waals surface area contributed by atoms with Gasteiger partial charge in [-0.15, -0.1) is 0 Å². The summed E-state index contributed by atoms with van der Waals surface area (Å²) in [5, 5.41) is 1.92. The van der Waals surface area contributed by atoms with Gasteiger partial charge in [-0.3, -0.25) is 4.79 Å². The zero-order chi connectivity index (χ0) is 21.3. The van der Waals surface area contributed by atoms with Gasteiger partial charge in [0.2, 0.25) is 0 Å². The highest BCUT2D eigenvalue weighted by Crippen LogP contribution is 2.37. The van der Waals surface area contributed by atoms with Crippen LogP contribution in [0.25, 0.3) is 0 Å². The second kappa shape index (κ2) is 7.46. The number of benzene rings is 2. The molecule has 152 valence electrons. The van der Waals surface area contributed by atoms with Crippen molar-refractivity contribution in [2.24, 2.45) is 0 Å². The van der Waals surface area contributed by atoms with Crippen molar-refractivity contribution in [3.63, 3.8) is 0 Å². The van der Waals surface area contributed by atoms with E-state index in [0.29, 0.717) is 12.1 Å². The van der Waals surface area contributed by atoms with Gasteiger partial charge in [0.1, 0.15) is 0 Å². The predicted octanol–water partition coefficient (Wildman–Crippen LogP) is 4.77.